The van der Waals surface area contributed by atoms with Gasteiger partial charge in [-0.1, -0.05) is 6.07 Å². The smallest absolute Gasteiger partial charge is 0.253 e. The molecule has 3 rings (SSSR count). The first kappa shape index (κ1) is 18.4. The Hall–Kier alpha value is -2.44. The first-order valence-electron chi connectivity index (χ1n) is 8.83. The summed E-state index contributed by atoms with van der Waals surface area (Å²) < 4.78 is 5.84. The zero-order valence-corrected chi connectivity index (χ0v) is 15.2. The van der Waals surface area contributed by atoms with E-state index in [1.807, 2.05) is 19.9 Å². The van der Waals surface area contributed by atoms with E-state index in [9.17, 15) is 9.90 Å². The van der Waals surface area contributed by atoms with Crippen molar-refractivity contribution in [2.24, 2.45) is 5.73 Å². The maximum Gasteiger partial charge on any atom is 0.253 e. The molecular weight excluding hydrogens is 330 g/mol. The van der Waals surface area contributed by atoms with Crippen LogP contribution >= 0.6 is 0 Å². The van der Waals surface area contributed by atoms with Gasteiger partial charge in [-0.3, -0.25) is 4.79 Å². The van der Waals surface area contributed by atoms with Gasteiger partial charge < -0.3 is 20.5 Å². The Balaban J connectivity index is 1.74. The number of piperidine rings is 1. The number of benzene rings is 1. The lowest BCUT2D eigenvalue weighted by molar-refractivity contribution is -0.00203. The highest BCUT2D eigenvalue weighted by molar-refractivity contribution is 5.94. The molecule has 0 bridgehead atoms. The lowest BCUT2D eigenvalue weighted by Gasteiger charge is -2.35. The molecule has 6 nitrogen and oxygen atoms in total. The van der Waals surface area contributed by atoms with Crippen molar-refractivity contribution >= 4 is 5.91 Å². The highest BCUT2D eigenvalue weighted by atomic mass is 16.5. The van der Waals surface area contributed by atoms with Crippen LogP contribution in [0.3, 0.4) is 0 Å². The van der Waals surface area contributed by atoms with Gasteiger partial charge in [0.1, 0.15) is 5.75 Å². The number of hydrogen-bond donors (Lipinski definition) is 2. The summed E-state index contributed by atoms with van der Waals surface area (Å²) >= 11 is 0. The average Bonchev–Trinajstić information content (AvgIpc) is 2.61. The molecule has 1 aromatic carbocycles. The fraction of sp³-hybridized carbons (Fsp3) is 0.400. The highest BCUT2D eigenvalue weighted by Crippen LogP contribution is 2.25. The van der Waals surface area contributed by atoms with Crippen LogP contribution in [-0.4, -0.2) is 39.6 Å². The number of aliphatic hydroxyl groups is 1. The number of hydrogen-bond acceptors (Lipinski definition) is 5. The maximum atomic E-state index is 12.7. The number of rotatable bonds is 4. The van der Waals surface area contributed by atoms with Crippen LogP contribution in [0.25, 0.3) is 0 Å². The fourth-order valence-electron chi connectivity index (χ4n) is 3.06. The standard InChI is InChI=1S/C20H25N3O3/c1-14-10-15(13-21)11-18(22-14)26-17-5-3-4-16(12-17)19(24)23-8-6-20(2,25)7-9-23/h3-5,10-12,25H,6-9,13,21H2,1-2H3. The number of aromatic nitrogens is 1. The average molecular weight is 355 g/mol. The summed E-state index contributed by atoms with van der Waals surface area (Å²) in [5, 5.41) is 10.0. The van der Waals surface area contributed by atoms with Gasteiger partial charge in [-0.2, -0.15) is 0 Å². The minimum absolute atomic E-state index is 0.0502. The van der Waals surface area contributed by atoms with Gasteiger partial charge in [-0.25, -0.2) is 4.98 Å². The van der Waals surface area contributed by atoms with Gasteiger partial charge in [0.2, 0.25) is 5.88 Å². The Kier molecular flexibility index (Phi) is 5.25. The number of amides is 1. The van der Waals surface area contributed by atoms with E-state index in [1.54, 1.807) is 35.2 Å². The Morgan fingerprint density at radius 3 is 2.73 bits per heavy atom. The van der Waals surface area contributed by atoms with Crippen molar-refractivity contribution in [3.63, 3.8) is 0 Å². The van der Waals surface area contributed by atoms with E-state index < -0.39 is 5.60 Å². The van der Waals surface area contributed by atoms with Crippen molar-refractivity contribution in [2.75, 3.05) is 13.1 Å². The van der Waals surface area contributed by atoms with Crippen molar-refractivity contribution in [2.45, 2.75) is 38.8 Å². The van der Waals surface area contributed by atoms with Gasteiger partial charge >= 0.3 is 0 Å². The predicted molar refractivity (Wildman–Crippen MR) is 99.1 cm³/mol. The van der Waals surface area contributed by atoms with E-state index in [0.717, 1.165) is 11.3 Å². The zero-order valence-electron chi connectivity index (χ0n) is 15.2. The normalized spacial score (nSPS) is 16.4. The third-order valence-electron chi connectivity index (χ3n) is 4.66. The highest BCUT2D eigenvalue weighted by Gasteiger charge is 2.30. The molecule has 0 unspecified atom stereocenters. The Bertz CT molecular complexity index is 795. The number of ether oxygens (including phenoxy) is 1. The SMILES string of the molecule is Cc1cc(CN)cc(Oc2cccc(C(=O)N3CCC(C)(O)CC3)c2)n1. The number of nitrogens with zero attached hydrogens (tertiary/aromatic N) is 2. The number of carbonyl (C=O) groups is 1. The second-order valence-corrected chi connectivity index (χ2v) is 7.08. The number of aryl methyl sites for hydroxylation is 1. The van der Waals surface area contributed by atoms with Gasteiger partial charge in [-0.05, 0) is 56.5 Å². The number of pyridine rings is 1. The first-order valence-corrected chi connectivity index (χ1v) is 8.83. The lowest BCUT2D eigenvalue weighted by Crippen LogP contribution is -2.45. The third kappa shape index (κ3) is 4.39. The van der Waals surface area contributed by atoms with Crippen LogP contribution in [0.2, 0.25) is 0 Å². The molecule has 0 atom stereocenters. The molecule has 2 aromatic rings. The molecule has 1 amide bonds. The molecule has 1 aliphatic heterocycles. The van der Waals surface area contributed by atoms with Crippen LogP contribution < -0.4 is 10.5 Å². The third-order valence-corrected chi connectivity index (χ3v) is 4.66. The largest absolute Gasteiger partial charge is 0.439 e. The molecule has 138 valence electrons. The number of carbonyl (C=O) groups excluding carboxylic acids is 1. The summed E-state index contributed by atoms with van der Waals surface area (Å²) in [5.74, 6) is 0.968. The molecule has 6 heteroatoms. The molecular formula is C20H25N3O3. The topological polar surface area (TPSA) is 88.7 Å². The number of nitrogens with two attached hydrogens (primary N) is 1. The van der Waals surface area contributed by atoms with E-state index >= 15 is 0 Å². The molecule has 3 N–H and O–H groups in total. The quantitative estimate of drug-likeness (QED) is 0.880. The molecule has 0 saturated carbocycles. The summed E-state index contributed by atoms with van der Waals surface area (Å²) in [6.45, 7) is 5.22. The molecule has 2 heterocycles. The summed E-state index contributed by atoms with van der Waals surface area (Å²) in [4.78, 5) is 18.9. The van der Waals surface area contributed by atoms with Crippen molar-refractivity contribution in [1.82, 2.24) is 9.88 Å². The van der Waals surface area contributed by atoms with Gasteiger partial charge in [-0.15, -0.1) is 0 Å². The summed E-state index contributed by atoms with van der Waals surface area (Å²) in [5.41, 5.74) is 7.35. The molecule has 1 saturated heterocycles. The Morgan fingerprint density at radius 1 is 1.31 bits per heavy atom. The van der Waals surface area contributed by atoms with Crippen molar-refractivity contribution in [1.29, 1.82) is 0 Å². The van der Waals surface area contributed by atoms with Gasteiger partial charge in [0, 0.05) is 37.0 Å². The van der Waals surface area contributed by atoms with E-state index in [4.69, 9.17) is 10.5 Å². The van der Waals surface area contributed by atoms with Crippen LogP contribution in [0, 0.1) is 6.92 Å². The molecule has 1 fully saturated rings. The molecule has 1 aromatic heterocycles. The van der Waals surface area contributed by atoms with Crippen LogP contribution in [0.15, 0.2) is 36.4 Å². The summed E-state index contributed by atoms with van der Waals surface area (Å²) in [7, 11) is 0. The van der Waals surface area contributed by atoms with Crippen molar-refractivity contribution in [3.05, 3.63) is 53.2 Å². The fourth-order valence-corrected chi connectivity index (χ4v) is 3.06. The molecule has 26 heavy (non-hydrogen) atoms. The lowest BCUT2D eigenvalue weighted by atomic mass is 9.93. The second-order valence-electron chi connectivity index (χ2n) is 7.08. The summed E-state index contributed by atoms with van der Waals surface area (Å²) in [6, 6.07) is 10.8. The number of likely N-dealkylation sites (tertiary alicyclic amines) is 1. The van der Waals surface area contributed by atoms with Gasteiger partial charge in [0.25, 0.3) is 5.91 Å². The minimum Gasteiger partial charge on any atom is -0.439 e. The monoisotopic (exact) mass is 355 g/mol. The second kappa shape index (κ2) is 7.43. The van der Waals surface area contributed by atoms with Crippen LogP contribution in [0.4, 0.5) is 0 Å². The zero-order chi connectivity index (χ0) is 18.7. The Labute approximate surface area is 153 Å². The van der Waals surface area contributed by atoms with E-state index in [0.29, 0.717) is 49.7 Å². The molecule has 0 radical (unpaired) electrons. The van der Waals surface area contributed by atoms with Crippen LogP contribution in [-0.2, 0) is 6.54 Å². The maximum absolute atomic E-state index is 12.7. The first-order chi connectivity index (χ1) is 12.4. The van der Waals surface area contributed by atoms with Crippen molar-refractivity contribution in [3.8, 4) is 11.6 Å². The van der Waals surface area contributed by atoms with E-state index in [1.165, 1.54) is 0 Å². The molecule has 0 spiro atoms. The van der Waals surface area contributed by atoms with Gasteiger partial charge in [0.15, 0.2) is 0 Å². The van der Waals surface area contributed by atoms with Crippen LogP contribution in [0.1, 0.15) is 41.4 Å². The van der Waals surface area contributed by atoms with E-state index in [2.05, 4.69) is 4.98 Å². The van der Waals surface area contributed by atoms with Gasteiger partial charge in [0.05, 0.1) is 5.60 Å². The molecule has 1 aliphatic rings. The summed E-state index contributed by atoms with van der Waals surface area (Å²) in [6.07, 6.45) is 1.17. The van der Waals surface area contributed by atoms with E-state index in [-0.39, 0.29) is 5.91 Å². The predicted octanol–water partition coefficient (Wildman–Crippen LogP) is 2.63. The minimum atomic E-state index is -0.681. The molecule has 0 aliphatic carbocycles. The Morgan fingerprint density at radius 2 is 2.04 bits per heavy atom. The van der Waals surface area contributed by atoms with Crippen molar-refractivity contribution < 1.29 is 14.6 Å². The van der Waals surface area contributed by atoms with Crippen LogP contribution in [0.5, 0.6) is 11.6 Å².